The van der Waals surface area contributed by atoms with E-state index in [9.17, 15) is 18.0 Å². The van der Waals surface area contributed by atoms with Crippen LogP contribution < -0.4 is 9.62 Å². The molecule has 7 nitrogen and oxygen atoms in total. The molecule has 2 aromatic rings. The molecule has 186 valence electrons. The number of benzene rings is 2. The predicted octanol–water partition coefficient (Wildman–Crippen LogP) is 4.11. The molecule has 0 aromatic heterocycles. The Morgan fingerprint density at radius 1 is 1.09 bits per heavy atom. The Morgan fingerprint density at radius 2 is 1.74 bits per heavy atom. The van der Waals surface area contributed by atoms with Crippen LogP contribution in [0.3, 0.4) is 0 Å². The molecule has 0 aliphatic carbocycles. The summed E-state index contributed by atoms with van der Waals surface area (Å²) in [5.41, 5.74) is 1.63. The summed E-state index contributed by atoms with van der Waals surface area (Å²) in [7, 11) is -3.76. The average molecular weight is 553 g/mol. The van der Waals surface area contributed by atoms with Gasteiger partial charge < -0.3 is 10.2 Å². The number of halogens is 1. The number of nitrogens with zero attached hydrogens (tertiary/aromatic N) is 2. The molecule has 2 amide bonds. The lowest BCUT2D eigenvalue weighted by Crippen LogP contribution is -2.54. The SMILES string of the molecule is CCc1ccccc1N(CC(=O)N(Cc1cccc(Br)c1)[C@H](C)C(=O)NC(C)(C)C)S(C)(=O)=O. The van der Waals surface area contributed by atoms with E-state index in [-0.39, 0.29) is 12.5 Å². The van der Waals surface area contributed by atoms with Gasteiger partial charge in [0.25, 0.3) is 0 Å². The van der Waals surface area contributed by atoms with E-state index in [2.05, 4.69) is 21.2 Å². The van der Waals surface area contributed by atoms with Gasteiger partial charge in [0.15, 0.2) is 0 Å². The van der Waals surface area contributed by atoms with E-state index in [1.165, 1.54) is 4.90 Å². The van der Waals surface area contributed by atoms with Crippen molar-refractivity contribution in [3.8, 4) is 0 Å². The minimum Gasteiger partial charge on any atom is -0.350 e. The smallest absolute Gasteiger partial charge is 0.244 e. The first-order valence-electron chi connectivity index (χ1n) is 11.1. The van der Waals surface area contributed by atoms with Gasteiger partial charge in [0.1, 0.15) is 12.6 Å². The van der Waals surface area contributed by atoms with Gasteiger partial charge in [-0.05, 0) is 63.4 Å². The normalized spacial score (nSPS) is 12.7. The summed E-state index contributed by atoms with van der Waals surface area (Å²) in [6.07, 6.45) is 1.70. The number of carbonyl (C=O) groups is 2. The highest BCUT2D eigenvalue weighted by Gasteiger charge is 2.31. The van der Waals surface area contributed by atoms with E-state index in [4.69, 9.17) is 0 Å². The molecule has 0 aliphatic heterocycles. The van der Waals surface area contributed by atoms with Gasteiger partial charge in [0, 0.05) is 16.6 Å². The van der Waals surface area contributed by atoms with E-state index < -0.39 is 34.1 Å². The van der Waals surface area contributed by atoms with Crippen molar-refractivity contribution in [3.63, 3.8) is 0 Å². The van der Waals surface area contributed by atoms with E-state index >= 15 is 0 Å². The molecule has 9 heteroatoms. The zero-order valence-electron chi connectivity index (χ0n) is 20.6. The third-order valence-corrected chi connectivity index (χ3v) is 6.85. The van der Waals surface area contributed by atoms with Crippen LogP contribution in [0.1, 0.15) is 45.7 Å². The summed E-state index contributed by atoms with van der Waals surface area (Å²) < 4.78 is 27.4. The Hall–Kier alpha value is -2.39. The van der Waals surface area contributed by atoms with Crippen LogP contribution in [0.2, 0.25) is 0 Å². The Kier molecular flexibility index (Phi) is 9.30. The van der Waals surface area contributed by atoms with Crippen LogP contribution in [0.5, 0.6) is 0 Å². The van der Waals surface area contributed by atoms with Gasteiger partial charge in [-0.1, -0.05) is 53.2 Å². The lowest BCUT2D eigenvalue weighted by Gasteiger charge is -2.33. The highest BCUT2D eigenvalue weighted by Crippen LogP contribution is 2.24. The molecule has 1 N–H and O–H groups in total. The lowest BCUT2D eigenvalue weighted by atomic mass is 10.1. The van der Waals surface area contributed by atoms with Crippen molar-refractivity contribution in [1.29, 1.82) is 0 Å². The predicted molar refractivity (Wildman–Crippen MR) is 140 cm³/mol. The largest absolute Gasteiger partial charge is 0.350 e. The molecule has 0 saturated carbocycles. The first-order chi connectivity index (χ1) is 15.7. The van der Waals surface area contributed by atoms with Crippen LogP contribution in [0, 0.1) is 0 Å². The van der Waals surface area contributed by atoms with Crippen molar-refractivity contribution in [3.05, 3.63) is 64.1 Å². The van der Waals surface area contributed by atoms with Gasteiger partial charge in [-0.15, -0.1) is 0 Å². The Morgan fingerprint density at radius 3 is 2.29 bits per heavy atom. The molecule has 0 bridgehead atoms. The van der Waals surface area contributed by atoms with Crippen LogP contribution in [-0.2, 0) is 32.6 Å². The van der Waals surface area contributed by atoms with Crippen LogP contribution in [0.25, 0.3) is 0 Å². The molecule has 0 aliphatic rings. The number of hydrogen-bond donors (Lipinski definition) is 1. The molecule has 2 aromatic carbocycles. The van der Waals surface area contributed by atoms with Crippen molar-refractivity contribution in [2.45, 2.75) is 59.2 Å². The summed E-state index contributed by atoms with van der Waals surface area (Å²) in [4.78, 5) is 28.0. The fourth-order valence-corrected chi connectivity index (χ4v) is 4.86. The van der Waals surface area contributed by atoms with Crippen LogP contribution in [0.4, 0.5) is 5.69 Å². The van der Waals surface area contributed by atoms with Crippen molar-refractivity contribution < 1.29 is 18.0 Å². The number of para-hydroxylation sites is 1. The maximum absolute atomic E-state index is 13.6. The number of hydrogen-bond acceptors (Lipinski definition) is 4. The maximum Gasteiger partial charge on any atom is 0.244 e. The van der Waals surface area contributed by atoms with E-state index in [0.717, 1.165) is 26.2 Å². The van der Waals surface area contributed by atoms with Crippen molar-refractivity contribution in [2.75, 3.05) is 17.1 Å². The van der Waals surface area contributed by atoms with Gasteiger partial charge in [0.05, 0.1) is 11.9 Å². The second-order valence-electron chi connectivity index (χ2n) is 9.32. The number of aryl methyl sites for hydroxylation is 1. The van der Waals surface area contributed by atoms with Crippen LogP contribution in [0.15, 0.2) is 53.0 Å². The monoisotopic (exact) mass is 551 g/mol. The second kappa shape index (κ2) is 11.4. The molecule has 0 unspecified atom stereocenters. The summed E-state index contributed by atoms with van der Waals surface area (Å²) >= 11 is 3.44. The number of nitrogens with one attached hydrogen (secondary N) is 1. The molecule has 2 rings (SSSR count). The van der Waals surface area contributed by atoms with Crippen molar-refractivity contribution >= 4 is 43.5 Å². The van der Waals surface area contributed by atoms with Crippen LogP contribution >= 0.6 is 15.9 Å². The molecule has 0 spiro atoms. The lowest BCUT2D eigenvalue weighted by molar-refractivity contribution is -0.140. The molecule has 34 heavy (non-hydrogen) atoms. The number of anilines is 1. The molecule has 1 atom stereocenters. The number of rotatable bonds is 9. The standard InChI is InChI=1S/C25H34BrN3O4S/c1-7-20-12-8-9-14-22(20)29(34(6,32)33)17-23(30)28(16-19-11-10-13-21(26)15-19)18(2)24(31)27-25(3,4)5/h8-15,18H,7,16-17H2,1-6H3,(H,27,31)/t18-/m1/s1. The van der Waals surface area contributed by atoms with Gasteiger partial charge in [-0.25, -0.2) is 8.42 Å². The molecular weight excluding hydrogens is 518 g/mol. The Balaban J connectivity index is 2.44. The fourth-order valence-electron chi connectivity index (χ4n) is 3.54. The van der Waals surface area contributed by atoms with Crippen LogP contribution in [-0.4, -0.2) is 49.5 Å². The molecular formula is C25H34BrN3O4S. The van der Waals surface area contributed by atoms with Gasteiger partial charge in [0.2, 0.25) is 21.8 Å². The van der Waals surface area contributed by atoms with Gasteiger partial charge >= 0.3 is 0 Å². The maximum atomic E-state index is 13.6. The highest BCUT2D eigenvalue weighted by atomic mass is 79.9. The summed E-state index contributed by atoms with van der Waals surface area (Å²) in [6.45, 7) is 8.93. The van der Waals surface area contributed by atoms with Crippen molar-refractivity contribution in [2.24, 2.45) is 0 Å². The average Bonchev–Trinajstić information content (AvgIpc) is 2.73. The molecule has 0 fully saturated rings. The fraction of sp³-hybridized carbons (Fsp3) is 0.440. The number of carbonyl (C=O) groups excluding carboxylic acids is 2. The van der Waals surface area contributed by atoms with E-state index in [0.29, 0.717) is 12.1 Å². The van der Waals surface area contributed by atoms with Gasteiger partial charge in [-0.2, -0.15) is 0 Å². The Bertz CT molecular complexity index is 1130. The second-order valence-corrected chi connectivity index (χ2v) is 12.1. The third-order valence-electron chi connectivity index (χ3n) is 5.23. The summed E-state index contributed by atoms with van der Waals surface area (Å²) in [5, 5.41) is 2.91. The third kappa shape index (κ3) is 7.84. The summed E-state index contributed by atoms with van der Waals surface area (Å²) in [6, 6.07) is 13.8. The van der Waals surface area contributed by atoms with E-state index in [1.807, 2.05) is 64.1 Å². The number of amides is 2. The first-order valence-corrected chi connectivity index (χ1v) is 13.8. The highest BCUT2D eigenvalue weighted by molar-refractivity contribution is 9.10. The quantitative estimate of drug-likeness (QED) is 0.508. The minimum absolute atomic E-state index is 0.157. The zero-order valence-corrected chi connectivity index (χ0v) is 23.0. The van der Waals surface area contributed by atoms with Crippen molar-refractivity contribution in [1.82, 2.24) is 10.2 Å². The number of sulfonamides is 1. The van der Waals surface area contributed by atoms with E-state index in [1.54, 1.807) is 19.1 Å². The molecule has 0 heterocycles. The summed E-state index contributed by atoms with van der Waals surface area (Å²) in [5.74, 6) is -0.774. The Labute approximate surface area is 211 Å². The molecule has 0 radical (unpaired) electrons. The first kappa shape index (κ1) is 27.9. The van der Waals surface area contributed by atoms with Gasteiger partial charge in [-0.3, -0.25) is 13.9 Å². The zero-order chi connectivity index (χ0) is 25.7. The topological polar surface area (TPSA) is 86.8 Å². The minimum atomic E-state index is -3.76. The molecule has 0 saturated heterocycles.